The number of aliphatic carboxylic acids is 1. The van der Waals surface area contributed by atoms with Gasteiger partial charge < -0.3 is 5.11 Å². The molecule has 1 N–H and O–H groups in total. The van der Waals surface area contributed by atoms with Gasteiger partial charge in [0, 0.05) is 0 Å². The normalized spacial score (nSPS) is 16.1. The van der Waals surface area contributed by atoms with Crippen molar-refractivity contribution in [2.75, 3.05) is 0 Å². The molecule has 1 unspecified atom stereocenters. The number of carboxylic acids is 1. The smallest absolute Gasteiger partial charge is 0.403 e. The van der Waals surface area contributed by atoms with Crippen molar-refractivity contribution in [2.45, 2.75) is 18.5 Å². The Morgan fingerprint density at radius 3 is 1.12 bits per heavy atom. The minimum atomic E-state index is -6.36. The fourth-order valence-corrected chi connectivity index (χ4v) is 1.04. The summed E-state index contributed by atoms with van der Waals surface area (Å²) in [5.74, 6) is -12.8. The van der Waals surface area contributed by atoms with E-state index in [0.29, 0.717) is 0 Å². The van der Waals surface area contributed by atoms with Crippen LogP contribution in [0.15, 0.2) is 0 Å². The average Bonchev–Trinajstić information content (AvgIpc) is 1.91. The van der Waals surface area contributed by atoms with Crippen molar-refractivity contribution in [3.05, 3.63) is 0 Å². The molecule has 0 aliphatic carbocycles. The van der Waals surface area contributed by atoms with Gasteiger partial charge in [-0.25, -0.2) is 0 Å². The van der Waals surface area contributed by atoms with E-state index in [2.05, 4.69) is 0 Å². The lowest BCUT2D eigenvalue weighted by Gasteiger charge is -2.29. The Balaban J connectivity index is 5.66. The average molecular weight is 278 g/mol. The second kappa shape index (κ2) is 4.26. The number of alkyl halides is 9. The summed E-state index contributed by atoms with van der Waals surface area (Å²) < 4.78 is 107. The summed E-state index contributed by atoms with van der Waals surface area (Å²) in [7, 11) is 0. The molecule has 0 saturated carbocycles. The molecule has 1 atom stereocenters. The molecule has 17 heavy (non-hydrogen) atoms. The Morgan fingerprint density at radius 1 is 0.765 bits per heavy atom. The highest BCUT2D eigenvalue weighted by atomic mass is 19.4. The van der Waals surface area contributed by atoms with Crippen LogP contribution in [0.2, 0.25) is 0 Å². The second-order valence-electron chi connectivity index (χ2n) is 2.92. The van der Waals surface area contributed by atoms with E-state index in [0.717, 1.165) is 0 Å². The van der Waals surface area contributed by atoms with Gasteiger partial charge in [-0.3, -0.25) is 4.79 Å². The molecule has 0 aliphatic rings. The molecule has 0 aromatic carbocycles. The van der Waals surface area contributed by atoms with Gasteiger partial charge in [0.05, 0.1) is 0 Å². The van der Waals surface area contributed by atoms with Crippen molar-refractivity contribution >= 4 is 5.97 Å². The van der Waals surface area contributed by atoms with Crippen LogP contribution in [0.25, 0.3) is 0 Å². The summed E-state index contributed by atoms with van der Waals surface area (Å²) in [5.41, 5.74) is 0. The van der Waals surface area contributed by atoms with Gasteiger partial charge in [0.25, 0.3) is 0 Å². The molecule has 0 spiro atoms. The van der Waals surface area contributed by atoms with Crippen LogP contribution < -0.4 is 0 Å². The highest BCUT2D eigenvalue weighted by Gasteiger charge is 2.69. The lowest BCUT2D eigenvalue weighted by Crippen LogP contribution is -2.50. The zero-order chi connectivity index (χ0) is 14.2. The maximum Gasteiger partial charge on any atom is 0.403 e. The molecule has 0 amide bonds. The van der Waals surface area contributed by atoms with E-state index in [1.165, 1.54) is 0 Å². The SMILES string of the molecule is O=C(O)C(C(C(F)(F)F)C(F)(F)F)C(F)(F)F. The zero-order valence-corrected chi connectivity index (χ0v) is 7.41. The molecule has 0 fully saturated rings. The molecular formula is C6H3F9O2. The highest BCUT2D eigenvalue weighted by Crippen LogP contribution is 2.48. The van der Waals surface area contributed by atoms with Crippen LogP contribution in [-0.4, -0.2) is 29.6 Å². The van der Waals surface area contributed by atoms with Gasteiger partial charge in [0.1, 0.15) is 0 Å². The van der Waals surface area contributed by atoms with Crippen LogP contribution in [-0.2, 0) is 4.79 Å². The van der Waals surface area contributed by atoms with Crippen LogP contribution in [0.5, 0.6) is 0 Å². The zero-order valence-electron chi connectivity index (χ0n) is 7.41. The summed E-state index contributed by atoms with van der Waals surface area (Å²) in [5, 5.41) is 7.89. The van der Waals surface area contributed by atoms with Crippen molar-refractivity contribution in [2.24, 2.45) is 11.8 Å². The molecular weight excluding hydrogens is 275 g/mol. The number of rotatable bonds is 2. The maximum atomic E-state index is 11.9. The minimum absolute atomic E-state index is 3.24. The summed E-state index contributed by atoms with van der Waals surface area (Å²) >= 11 is 0. The van der Waals surface area contributed by atoms with Crippen molar-refractivity contribution < 1.29 is 49.4 Å². The Hall–Kier alpha value is -1.16. The fraction of sp³-hybridized carbons (Fsp3) is 0.833. The Kier molecular flexibility index (Phi) is 3.97. The van der Waals surface area contributed by atoms with Gasteiger partial charge >= 0.3 is 24.5 Å². The number of halogens is 9. The lowest BCUT2D eigenvalue weighted by atomic mass is 9.90. The molecule has 0 saturated heterocycles. The maximum absolute atomic E-state index is 11.9. The van der Waals surface area contributed by atoms with Gasteiger partial charge in [-0.15, -0.1) is 0 Å². The predicted molar refractivity (Wildman–Crippen MR) is 32.8 cm³/mol. The van der Waals surface area contributed by atoms with E-state index in [9.17, 15) is 44.3 Å². The van der Waals surface area contributed by atoms with Gasteiger partial charge in [-0.2, -0.15) is 39.5 Å². The Bertz CT molecular complexity index is 271. The van der Waals surface area contributed by atoms with Crippen LogP contribution in [0.1, 0.15) is 0 Å². The first-order valence-corrected chi connectivity index (χ1v) is 3.62. The molecule has 0 bridgehead atoms. The first kappa shape index (κ1) is 15.8. The Labute approximate surface area is 87.0 Å². The van der Waals surface area contributed by atoms with Crippen LogP contribution in [0.4, 0.5) is 39.5 Å². The van der Waals surface area contributed by atoms with Gasteiger partial charge in [-0.1, -0.05) is 0 Å². The highest BCUT2D eigenvalue weighted by molar-refractivity contribution is 5.71. The topological polar surface area (TPSA) is 37.3 Å². The summed E-state index contributed by atoms with van der Waals surface area (Å²) in [6, 6.07) is 0. The van der Waals surface area contributed by atoms with Crippen molar-refractivity contribution in [1.82, 2.24) is 0 Å². The number of carboxylic acid groups (broad SMARTS) is 1. The third-order valence-electron chi connectivity index (χ3n) is 1.66. The quantitative estimate of drug-likeness (QED) is 0.788. The summed E-state index contributed by atoms with van der Waals surface area (Å²) in [4.78, 5) is 9.96. The molecule has 0 aromatic rings. The molecule has 0 aromatic heterocycles. The molecule has 0 aliphatic heterocycles. The van der Waals surface area contributed by atoms with E-state index in [1.807, 2.05) is 0 Å². The lowest BCUT2D eigenvalue weighted by molar-refractivity contribution is -0.329. The van der Waals surface area contributed by atoms with Crippen LogP contribution >= 0.6 is 0 Å². The molecule has 0 rings (SSSR count). The third kappa shape index (κ3) is 3.97. The van der Waals surface area contributed by atoms with E-state index in [1.54, 1.807) is 0 Å². The van der Waals surface area contributed by atoms with Gasteiger partial charge in [-0.05, 0) is 0 Å². The Morgan fingerprint density at radius 2 is 1.06 bits per heavy atom. The first-order valence-electron chi connectivity index (χ1n) is 3.62. The van der Waals surface area contributed by atoms with Crippen LogP contribution in [0.3, 0.4) is 0 Å². The monoisotopic (exact) mass is 278 g/mol. The minimum Gasteiger partial charge on any atom is -0.481 e. The fourth-order valence-electron chi connectivity index (χ4n) is 1.04. The van der Waals surface area contributed by atoms with Gasteiger partial charge in [0.2, 0.25) is 0 Å². The predicted octanol–water partition coefficient (Wildman–Crippen LogP) is 2.99. The largest absolute Gasteiger partial charge is 0.481 e. The first-order chi connectivity index (χ1) is 7.19. The van der Waals surface area contributed by atoms with Crippen molar-refractivity contribution in [3.63, 3.8) is 0 Å². The summed E-state index contributed by atoms with van der Waals surface area (Å²) in [6.07, 6.45) is -18.9. The third-order valence-corrected chi connectivity index (χ3v) is 1.66. The molecule has 0 radical (unpaired) electrons. The van der Waals surface area contributed by atoms with E-state index >= 15 is 0 Å². The summed E-state index contributed by atoms with van der Waals surface area (Å²) in [6.45, 7) is 0. The van der Waals surface area contributed by atoms with Crippen molar-refractivity contribution in [1.29, 1.82) is 0 Å². The van der Waals surface area contributed by atoms with Gasteiger partial charge in [0.15, 0.2) is 11.8 Å². The standard InChI is InChI=1S/C6H3F9O2/c7-4(8,9)1(3(16)17)2(5(10,11)12)6(13,14)15/h1-2H,(H,16,17). The molecule has 0 heterocycles. The van der Waals surface area contributed by atoms with E-state index in [4.69, 9.17) is 5.11 Å². The van der Waals surface area contributed by atoms with Crippen molar-refractivity contribution in [3.8, 4) is 0 Å². The van der Waals surface area contributed by atoms with E-state index < -0.39 is 36.3 Å². The number of hydrogen-bond acceptors (Lipinski definition) is 1. The van der Waals surface area contributed by atoms with Crippen LogP contribution in [0, 0.1) is 11.8 Å². The number of hydrogen-bond donors (Lipinski definition) is 1. The second-order valence-corrected chi connectivity index (χ2v) is 2.92. The molecule has 102 valence electrons. The molecule has 11 heteroatoms. The number of carbonyl (C=O) groups is 1. The molecule has 2 nitrogen and oxygen atoms in total. The van der Waals surface area contributed by atoms with E-state index in [-0.39, 0.29) is 0 Å².